The predicted molar refractivity (Wildman–Crippen MR) is 103 cm³/mol. The predicted octanol–water partition coefficient (Wildman–Crippen LogP) is 2.84. The van der Waals surface area contributed by atoms with Crippen LogP contribution in [0.25, 0.3) is 0 Å². The number of carbonyl (C=O) groups excluding carboxylic acids is 3. The quantitative estimate of drug-likeness (QED) is 0.658. The van der Waals surface area contributed by atoms with Crippen molar-refractivity contribution in [3.05, 3.63) is 48.6 Å². The average molecular weight is 369 g/mol. The summed E-state index contributed by atoms with van der Waals surface area (Å²) in [6, 6.07) is 9.08. The Morgan fingerprint density at radius 2 is 1.67 bits per heavy atom. The third-order valence-electron chi connectivity index (χ3n) is 5.50. The summed E-state index contributed by atoms with van der Waals surface area (Å²) in [7, 11) is 0. The normalized spacial score (nSPS) is 22.7. The van der Waals surface area contributed by atoms with Gasteiger partial charge in [-0.2, -0.15) is 0 Å². The van der Waals surface area contributed by atoms with Crippen molar-refractivity contribution in [1.82, 2.24) is 15.1 Å². The second-order valence-corrected chi connectivity index (χ2v) is 8.75. The Morgan fingerprint density at radius 1 is 1.11 bits per heavy atom. The van der Waals surface area contributed by atoms with E-state index in [0.717, 1.165) is 5.56 Å². The van der Waals surface area contributed by atoms with Gasteiger partial charge in [0.1, 0.15) is 5.54 Å². The molecule has 2 aliphatic rings. The Hall–Kier alpha value is -2.63. The van der Waals surface area contributed by atoms with Gasteiger partial charge in [-0.25, -0.2) is 4.79 Å². The molecule has 1 N–H and O–H groups in total. The van der Waals surface area contributed by atoms with Crippen molar-refractivity contribution in [1.29, 1.82) is 0 Å². The summed E-state index contributed by atoms with van der Waals surface area (Å²) in [5.74, 6) is -0.388. The van der Waals surface area contributed by atoms with Crippen LogP contribution in [0.1, 0.15) is 46.1 Å². The number of imide groups is 1. The van der Waals surface area contributed by atoms with E-state index in [4.69, 9.17) is 0 Å². The number of likely N-dealkylation sites (tertiary alicyclic amines) is 1. The molecule has 0 bridgehead atoms. The van der Waals surface area contributed by atoms with Crippen molar-refractivity contribution in [3.8, 4) is 0 Å². The van der Waals surface area contributed by atoms with Gasteiger partial charge in [0.2, 0.25) is 5.91 Å². The van der Waals surface area contributed by atoms with Crippen LogP contribution in [0.3, 0.4) is 0 Å². The standard InChI is InChI=1S/C21H27N3O3/c1-6-16(25)24-19(2,3)13-21(14-20(24,4)5)17(26)23(18(27)22-21)12-15-10-8-7-9-11-15/h6-11H,1,12-14H2,2-5H3,(H,22,27). The first-order valence-corrected chi connectivity index (χ1v) is 9.17. The van der Waals surface area contributed by atoms with Crippen LogP contribution < -0.4 is 5.32 Å². The SMILES string of the molecule is C=CC(=O)N1C(C)(C)CC2(CC1(C)C)NC(=O)N(Cc1ccccc1)C2=O. The van der Waals surface area contributed by atoms with E-state index in [1.165, 1.54) is 11.0 Å². The van der Waals surface area contributed by atoms with Crippen LogP contribution in [0.4, 0.5) is 4.79 Å². The molecule has 0 saturated carbocycles. The Labute approximate surface area is 160 Å². The molecule has 2 fully saturated rings. The lowest BCUT2D eigenvalue weighted by Gasteiger charge is -2.57. The third kappa shape index (κ3) is 3.13. The zero-order valence-corrected chi connectivity index (χ0v) is 16.4. The van der Waals surface area contributed by atoms with Gasteiger partial charge >= 0.3 is 6.03 Å². The molecule has 4 amide bonds. The largest absolute Gasteiger partial charge is 0.329 e. The molecule has 2 saturated heterocycles. The highest BCUT2D eigenvalue weighted by Crippen LogP contribution is 2.46. The van der Waals surface area contributed by atoms with Gasteiger partial charge < -0.3 is 10.2 Å². The number of rotatable bonds is 3. The Balaban J connectivity index is 1.93. The fourth-order valence-corrected chi connectivity index (χ4v) is 5.03. The van der Waals surface area contributed by atoms with Crippen LogP contribution in [-0.4, -0.2) is 44.3 Å². The number of piperidine rings is 1. The molecular weight excluding hydrogens is 342 g/mol. The maximum Gasteiger partial charge on any atom is 0.325 e. The van der Waals surface area contributed by atoms with Crippen LogP contribution in [0.2, 0.25) is 0 Å². The Kier molecular flexibility index (Phi) is 4.41. The highest BCUT2D eigenvalue weighted by Gasteiger charge is 2.61. The summed E-state index contributed by atoms with van der Waals surface area (Å²) in [4.78, 5) is 41.5. The first-order chi connectivity index (χ1) is 12.5. The second-order valence-electron chi connectivity index (χ2n) is 8.75. The van der Waals surface area contributed by atoms with Crippen LogP contribution in [0, 0.1) is 0 Å². The molecule has 27 heavy (non-hydrogen) atoms. The third-order valence-corrected chi connectivity index (χ3v) is 5.50. The fourth-order valence-electron chi connectivity index (χ4n) is 5.03. The number of amides is 4. The summed E-state index contributed by atoms with van der Waals surface area (Å²) in [5.41, 5.74) is -1.33. The van der Waals surface area contributed by atoms with Crippen LogP contribution in [0.5, 0.6) is 0 Å². The minimum atomic E-state index is -1.00. The van der Waals surface area contributed by atoms with Crippen LogP contribution >= 0.6 is 0 Å². The highest BCUT2D eigenvalue weighted by molar-refractivity contribution is 6.07. The van der Waals surface area contributed by atoms with E-state index < -0.39 is 16.6 Å². The lowest BCUT2D eigenvalue weighted by Crippen LogP contribution is -2.70. The molecule has 1 spiro atoms. The second kappa shape index (κ2) is 6.22. The number of hydrogen-bond acceptors (Lipinski definition) is 3. The summed E-state index contributed by atoms with van der Waals surface area (Å²) >= 11 is 0. The topological polar surface area (TPSA) is 69.7 Å². The summed E-state index contributed by atoms with van der Waals surface area (Å²) < 4.78 is 0. The van der Waals surface area contributed by atoms with E-state index in [2.05, 4.69) is 11.9 Å². The van der Waals surface area contributed by atoms with Crippen molar-refractivity contribution in [2.24, 2.45) is 0 Å². The highest BCUT2D eigenvalue weighted by atomic mass is 16.2. The number of hydrogen-bond donors (Lipinski definition) is 1. The molecule has 1 aromatic rings. The number of nitrogens with zero attached hydrogens (tertiary/aromatic N) is 2. The lowest BCUT2D eigenvalue weighted by molar-refractivity contribution is -0.154. The number of carbonyl (C=O) groups is 3. The van der Waals surface area contributed by atoms with E-state index in [0.29, 0.717) is 12.8 Å². The van der Waals surface area contributed by atoms with Crippen molar-refractivity contribution in [3.63, 3.8) is 0 Å². The van der Waals surface area contributed by atoms with E-state index in [-0.39, 0.29) is 24.4 Å². The van der Waals surface area contributed by atoms with Gasteiger partial charge in [0, 0.05) is 23.9 Å². The monoisotopic (exact) mass is 369 g/mol. The molecule has 2 aliphatic heterocycles. The van der Waals surface area contributed by atoms with E-state index in [1.54, 1.807) is 4.90 Å². The van der Waals surface area contributed by atoms with Crippen molar-refractivity contribution < 1.29 is 14.4 Å². The molecule has 6 nitrogen and oxygen atoms in total. The lowest BCUT2D eigenvalue weighted by atomic mass is 9.68. The Morgan fingerprint density at radius 3 is 2.19 bits per heavy atom. The van der Waals surface area contributed by atoms with Crippen molar-refractivity contribution in [2.75, 3.05) is 0 Å². The van der Waals surface area contributed by atoms with Gasteiger partial charge in [0.25, 0.3) is 5.91 Å². The van der Waals surface area contributed by atoms with Crippen molar-refractivity contribution >= 4 is 17.8 Å². The smallest absolute Gasteiger partial charge is 0.325 e. The fraction of sp³-hybridized carbons (Fsp3) is 0.476. The maximum atomic E-state index is 13.3. The minimum Gasteiger partial charge on any atom is -0.329 e. The zero-order valence-electron chi connectivity index (χ0n) is 16.4. The molecule has 0 aliphatic carbocycles. The molecule has 0 radical (unpaired) electrons. The van der Waals surface area contributed by atoms with E-state index in [1.807, 2.05) is 58.0 Å². The number of urea groups is 1. The average Bonchev–Trinajstić information content (AvgIpc) is 2.77. The first-order valence-electron chi connectivity index (χ1n) is 9.17. The molecule has 0 unspecified atom stereocenters. The molecule has 2 heterocycles. The molecule has 1 aromatic carbocycles. The zero-order chi connectivity index (χ0) is 20.0. The molecule has 144 valence electrons. The van der Waals surface area contributed by atoms with Gasteiger partial charge in [-0.1, -0.05) is 36.9 Å². The molecule has 3 rings (SSSR count). The van der Waals surface area contributed by atoms with Gasteiger partial charge in [-0.3, -0.25) is 14.5 Å². The van der Waals surface area contributed by atoms with E-state index in [9.17, 15) is 14.4 Å². The molecular formula is C21H27N3O3. The molecule has 6 heteroatoms. The van der Waals surface area contributed by atoms with E-state index >= 15 is 0 Å². The summed E-state index contributed by atoms with van der Waals surface area (Å²) in [5, 5.41) is 2.95. The van der Waals surface area contributed by atoms with Gasteiger partial charge in [0.15, 0.2) is 0 Å². The molecule has 0 aromatic heterocycles. The molecule has 0 atom stereocenters. The first kappa shape index (κ1) is 19.1. The number of nitrogens with one attached hydrogen (secondary N) is 1. The maximum absolute atomic E-state index is 13.3. The minimum absolute atomic E-state index is 0.169. The summed E-state index contributed by atoms with van der Waals surface area (Å²) in [6.45, 7) is 11.6. The number of benzene rings is 1. The van der Waals surface area contributed by atoms with Gasteiger partial charge in [-0.15, -0.1) is 0 Å². The van der Waals surface area contributed by atoms with Crippen LogP contribution in [-0.2, 0) is 16.1 Å². The van der Waals surface area contributed by atoms with Crippen molar-refractivity contribution in [2.45, 2.75) is 63.7 Å². The van der Waals surface area contributed by atoms with Gasteiger partial charge in [0.05, 0.1) is 6.54 Å². The Bertz CT molecular complexity index is 780. The van der Waals surface area contributed by atoms with Crippen LogP contribution in [0.15, 0.2) is 43.0 Å². The summed E-state index contributed by atoms with van der Waals surface area (Å²) in [6.07, 6.45) is 2.02. The van der Waals surface area contributed by atoms with Gasteiger partial charge in [-0.05, 0) is 39.3 Å².